The third kappa shape index (κ3) is 1.33. The summed E-state index contributed by atoms with van der Waals surface area (Å²) in [5, 5.41) is 13.6. The molecule has 0 aliphatic rings. The van der Waals surface area contributed by atoms with Gasteiger partial charge >= 0.3 is 0 Å². The minimum absolute atomic E-state index is 0.142. The van der Waals surface area contributed by atoms with E-state index in [1.807, 2.05) is 0 Å². The second kappa shape index (κ2) is 2.81. The van der Waals surface area contributed by atoms with Crippen LogP contribution in [0.4, 0.5) is 5.69 Å². The maximum Gasteiger partial charge on any atom is 0.221 e. The molecule has 1 amide bonds. The fraction of sp³-hybridized carbons (Fsp3) is 0.143. The molecular formula is C7H7N5O. The number of fused-ring (bicyclic) bond motifs is 1. The van der Waals surface area contributed by atoms with Gasteiger partial charge in [0.05, 0.1) is 5.69 Å². The first kappa shape index (κ1) is 7.66. The number of hydrogen-bond acceptors (Lipinski definition) is 4. The van der Waals surface area contributed by atoms with Crippen molar-refractivity contribution in [3.05, 3.63) is 18.3 Å². The quantitative estimate of drug-likeness (QED) is 0.669. The average Bonchev–Trinajstić information content (AvgIpc) is 2.51. The molecule has 0 saturated carbocycles. The Kier molecular flexibility index (Phi) is 1.66. The second-order valence-corrected chi connectivity index (χ2v) is 2.55. The fourth-order valence-electron chi connectivity index (χ4n) is 1.05. The van der Waals surface area contributed by atoms with E-state index in [0.717, 1.165) is 0 Å². The number of anilines is 1. The van der Waals surface area contributed by atoms with Gasteiger partial charge in [0.15, 0.2) is 0 Å². The first-order valence-corrected chi connectivity index (χ1v) is 3.71. The van der Waals surface area contributed by atoms with Crippen molar-refractivity contribution in [2.45, 2.75) is 6.92 Å². The van der Waals surface area contributed by atoms with Crippen molar-refractivity contribution in [2.75, 3.05) is 5.32 Å². The summed E-state index contributed by atoms with van der Waals surface area (Å²) in [6, 6.07) is 3.50. The molecule has 2 heterocycles. The smallest absolute Gasteiger partial charge is 0.221 e. The molecule has 2 aromatic rings. The first-order valence-electron chi connectivity index (χ1n) is 3.71. The Morgan fingerprint density at radius 1 is 1.62 bits per heavy atom. The van der Waals surface area contributed by atoms with Gasteiger partial charge in [0.2, 0.25) is 11.6 Å². The van der Waals surface area contributed by atoms with Crippen molar-refractivity contribution >= 4 is 17.2 Å². The Labute approximate surface area is 73.6 Å². The SMILES string of the molecule is CC(=O)Nc1cccn2nnnc12. The summed E-state index contributed by atoms with van der Waals surface area (Å²) in [5.41, 5.74) is 1.15. The van der Waals surface area contributed by atoms with Crippen LogP contribution in [0.1, 0.15) is 6.92 Å². The minimum atomic E-state index is -0.142. The zero-order valence-electron chi connectivity index (χ0n) is 6.93. The molecule has 6 nitrogen and oxygen atoms in total. The number of tetrazole rings is 1. The molecule has 1 N–H and O–H groups in total. The molecule has 0 saturated heterocycles. The maximum atomic E-state index is 10.8. The Bertz CT molecular complexity index is 449. The van der Waals surface area contributed by atoms with E-state index in [4.69, 9.17) is 0 Å². The Morgan fingerprint density at radius 3 is 3.23 bits per heavy atom. The van der Waals surface area contributed by atoms with Crippen molar-refractivity contribution in [3.8, 4) is 0 Å². The number of carbonyl (C=O) groups excluding carboxylic acids is 1. The summed E-state index contributed by atoms with van der Waals surface area (Å²) < 4.78 is 1.49. The van der Waals surface area contributed by atoms with E-state index >= 15 is 0 Å². The van der Waals surface area contributed by atoms with Gasteiger partial charge in [0.25, 0.3) is 0 Å². The summed E-state index contributed by atoms with van der Waals surface area (Å²) in [5.74, 6) is -0.142. The molecule has 66 valence electrons. The van der Waals surface area contributed by atoms with Crippen LogP contribution in [-0.2, 0) is 4.79 Å². The van der Waals surface area contributed by atoms with Gasteiger partial charge in [-0.25, -0.2) is 0 Å². The molecule has 0 aliphatic heterocycles. The summed E-state index contributed by atoms with van der Waals surface area (Å²) in [7, 11) is 0. The fourth-order valence-corrected chi connectivity index (χ4v) is 1.05. The number of carbonyl (C=O) groups is 1. The summed E-state index contributed by atoms with van der Waals surface area (Å²) in [6.07, 6.45) is 1.71. The van der Waals surface area contributed by atoms with Gasteiger partial charge in [-0.15, -0.1) is 5.10 Å². The van der Waals surface area contributed by atoms with Crippen molar-refractivity contribution in [2.24, 2.45) is 0 Å². The van der Waals surface area contributed by atoms with E-state index in [-0.39, 0.29) is 5.91 Å². The molecule has 6 heteroatoms. The van der Waals surface area contributed by atoms with Gasteiger partial charge in [-0.1, -0.05) is 0 Å². The van der Waals surface area contributed by atoms with Crippen LogP contribution in [0.15, 0.2) is 18.3 Å². The van der Waals surface area contributed by atoms with Gasteiger partial charge in [0.1, 0.15) is 0 Å². The molecule has 2 aromatic heterocycles. The lowest BCUT2D eigenvalue weighted by Gasteiger charge is -2.00. The zero-order chi connectivity index (χ0) is 9.26. The standard InChI is InChI=1S/C7H7N5O/c1-5(13)8-6-3-2-4-12-7(6)9-10-11-12/h2-4H,1H3,(H,8,13). The number of aromatic nitrogens is 4. The van der Waals surface area contributed by atoms with E-state index < -0.39 is 0 Å². The lowest BCUT2D eigenvalue weighted by atomic mass is 10.4. The highest BCUT2D eigenvalue weighted by atomic mass is 16.1. The number of hydrogen-bond donors (Lipinski definition) is 1. The van der Waals surface area contributed by atoms with Crippen LogP contribution in [-0.4, -0.2) is 25.9 Å². The Balaban J connectivity index is 2.54. The topological polar surface area (TPSA) is 72.2 Å². The molecule has 0 aliphatic carbocycles. The molecule has 0 atom stereocenters. The number of rotatable bonds is 1. The van der Waals surface area contributed by atoms with Crippen LogP contribution in [0.3, 0.4) is 0 Å². The summed E-state index contributed by atoms with van der Waals surface area (Å²) >= 11 is 0. The molecule has 0 spiro atoms. The van der Waals surface area contributed by atoms with Crippen molar-refractivity contribution in [1.82, 2.24) is 20.0 Å². The Hall–Kier alpha value is -1.98. The first-order chi connectivity index (χ1) is 6.27. The highest BCUT2D eigenvalue weighted by Gasteiger charge is 2.04. The average molecular weight is 177 g/mol. The third-order valence-electron chi connectivity index (χ3n) is 1.53. The van der Waals surface area contributed by atoms with Crippen molar-refractivity contribution in [1.29, 1.82) is 0 Å². The third-order valence-corrected chi connectivity index (χ3v) is 1.53. The van der Waals surface area contributed by atoms with Crippen molar-refractivity contribution in [3.63, 3.8) is 0 Å². The molecule has 0 radical (unpaired) electrons. The van der Waals surface area contributed by atoms with Gasteiger partial charge in [0, 0.05) is 13.1 Å². The normalized spacial score (nSPS) is 10.2. The zero-order valence-corrected chi connectivity index (χ0v) is 6.93. The number of amides is 1. The van der Waals surface area contributed by atoms with Crippen LogP contribution in [0.2, 0.25) is 0 Å². The van der Waals surface area contributed by atoms with Gasteiger partial charge in [-0.05, 0) is 22.6 Å². The van der Waals surface area contributed by atoms with Crippen LogP contribution in [0.25, 0.3) is 5.65 Å². The van der Waals surface area contributed by atoms with E-state index in [0.29, 0.717) is 11.3 Å². The van der Waals surface area contributed by atoms with Gasteiger partial charge < -0.3 is 5.32 Å². The number of pyridine rings is 1. The second-order valence-electron chi connectivity index (χ2n) is 2.55. The van der Waals surface area contributed by atoms with Crippen molar-refractivity contribution < 1.29 is 4.79 Å². The van der Waals surface area contributed by atoms with Gasteiger partial charge in [-0.3, -0.25) is 4.79 Å². The predicted octanol–water partition coefficient (Wildman–Crippen LogP) is 0.0827. The highest BCUT2D eigenvalue weighted by molar-refractivity contribution is 5.92. The van der Waals surface area contributed by atoms with Crippen LogP contribution < -0.4 is 5.32 Å². The summed E-state index contributed by atoms with van der Waals surface area (Å²) in [4.78, 5) is 10.8. The molecule has 0 bridgehead atoms. The van der Waals surface area contributed by atoms with E-state index in [2.05, 4.69) is 20.8 Å². The highest BCUT2D eigenvalue weighted by Crippen LogP contribution is 2.11. The van der Waals surface area contributed by atoms with Crippen LogP contribution >= 0.6 is 0 Å². The molecule has 2 rings (SSSR count). The van der Waals surface area contributed by atoms with Gasteiger partial charge in [-0.2, -0.15) is 4.52 Å². The lowest BCUT2D eigenvalue weighted by Crippen LogP contribution is -2.07. The largest absolute Gasteiger partial charge is 0.323 e. The Morgan fingerprint density at radius 2 is 2.46 bits per heavy atom. The van der Waals surface area contributed by atoms with Crippen LogP contribution in [0, 0.1) is 0 Å². The number of nitrogens with zero attached hydrogens (tertiary/aromatic N) is 4. The number of nitrogens with one attached hydrogen (secondary N) is 1. The van der Waals surface area contributed by atoms with E-state index in [1.165, 1.54) is 11.4 Å². The van der Waals surface area contributed by atoms with E-state index in [9.17, 15) is 4.79 Å². The molecule has 0 fully saturated rings. The predicted molar refractivity (Wildman–Crippen MR) is 45.1 cm³/mol. The maximum absolute atomic E-state index is 10.8. The van der Waals surface area contributed by atoms with E-state index in [1.54, 1.807) is 18.3 Å². The minimum Gasteiger partial charge on any atom is -0.323 e. The monoisotopic (exact) mass is 177 g/mol. The molecule has 0 unspecified atom stereocenters. The molecule has 0 aromatic carbocycles. The molecule has 13 heavy (non-hydrogen) atoms. The summed E-state index contributed by atoms with van der Waals surface area (Å²) in [6.45, 7) is 1.44. The van der Waals surface area contributed by atoms with Crippen LogP contribution in [0.5, 0.6) is 0 Å². The lowest BCUT2D eigenvalue weighted by molar-refractivity contribution is -0.114. The molecular weight excluding hydrogens is 170 g/mol.